The van der Waals surface area contributed by atoms with E-state index in [1.54, 1.807) is 0 Å². The number of rotatable bonds is 10. The highest BCUT2D eigenvalue weighted by molar-refractivity contribution is 6.35. The molecular weight excluding hydrogens is 411 g/mol. The lowest BCUT2D eigenvalue weighted by Gasteiger charge is -2.08. The number of halogens is 3. The van der Waals surface area contributed by atoms with E-state index in [0.717, 1.165) is 25.2 Å². The van der Waals surface area contributed by atoms with E-state index in [4.69, 9.17) is 23.2 Å². The first-order valence-electron chi connectivity index (χ1n) is 9.90. The molecule has 0 aliphatic carbocycles. The minimum absolute atomic E-state index is 0. The van der Waals surface area contributed by atoms with Gasteiger partial charge in [-0.15, -0.1) is 12.4 Å². The SMILES string of the molecule is CCCCCCCNCc1cn(Cc2ccc(Cl)cc2Cl)c2ccccc12.Cl. The van der Waals surface area contributed by atoms with Crippen LogP contribution in [0.3, 0.4) is 0 Å². The Balaban J connectivity index is 0.00000280. The van der Waals surface area contributed by atoms with Crippen LogP contribution in [0.2, 0.25) is 10.0 Å². The van der Waals surface area contributed by atoms with Gasteiger partial charge in [-0.1, -0.05) is 80.1 Å². The minimum Gasteiger partial charge on any atom is -0.343 e. The summed E-state index contributed by atoms with van der Waals surface area (Å²) in [6, 6.07) is 14.3. The number of unbranched alkanes of at least 4 members (excludes halogenated alkanes) is 4. The number of aromatic nitrogens is 1. The van der Waals surface area contributed by atoms with Crippen LogP contribution in [0.5, 0.6) is 0 Å². The summed E-state index contributed by atoms with van der Waals surface area (Å²) < 4.78 is 2.28. The van der Waals surface area contributed by atoms with Crippen molar-refractivity contribution in [2.75, 3.05) is 6.54 Å². The molecule has 0 aliphatic rings. The molecule has 28 heavy (non-hydrogen) atoms. The fourth-order valence-corrected chi connectivity index (χ4v) is 3.97. The lowest BCUT2D eigenvalue weighted by atomic mass is 10.1. The molecule has 0 spiro atoms. The van der Waals surface area contributed by atoms with E-state index in [1.165, 1.54) is 48.6 Å². The Morgan fingerprint density at radius 3 is 2.50 bits per heavy atom. The van der Waals surface area contributed by atoms with Crippen molar-refractivity contribution in [2.45, 2.75) is 52.1 Å². The number of hydrogen-bond donors (Lipinski definition) is 1. The van der Waals surface area contributed by atoms with E-state index in [1.807, 2.05) is 18.2 Å². The number of benzene rings is 2. The second-order valence-electron chi connectivity index (χ2n) is 7.13. The van der Waals surface area contributed by atoms with Crippen LogP contribution >= 0.6 is 35.6 Å². The van der Waals surface area contributed by atoms with Gasteiger partial charge < -0.3 is 9.88 Å². The lowest BCUT2D eigenvalue weighted by Crippen LogP contribution is -2.14. The molecule has 0 fully saturated rings. The second kappa shape index (κ2) is 11.7. The topological polar surface area (TPSA) is 17.0 Å². The Hall–Kier alpha value is -1.19. The summed E-state index contributed by atoms with van der Waals surface area (Å²) in [5.41, 5.74) is 3.66. The van der Waals surface area contributed by atoms with E-state index >= 15 is 0 Å². The van der Waals surface area contributed by atoms with Crippen LogP contribution in [0.4, 0.5) is 0 Å². The second-order valence-corrected chi connectivity index (χ2v) is 7.97. The average Bonchev–Trinajstić information content (AvgIpc) is 3.01. The van der Waals surface area contributed by atoms with Crippen LogP contribution < -0.4 is 5.32 Å². The number of nitrogens with one attached hydrogen (secondary N) is 1. The van der Waals surface area contributed by atoms with Gasteiger partial charge in [-0.05, 0) is 42.3 Å². The largest absolute Gasteiger partial charge is 0.343 e. The number of nitrogens with zero attached hydrogens (tertiary/aromatic N) is 1. The molecule has 0 atom stereocenters. The summed E-state index contributed by atoms with van der Waals surface area (Å²) in [7, 11) is 0. The standard InChI is InChI=1S/C23H28Cl2N2.ClH/c1-2-3-4-5-8-13-26-15-19-17-27(23-10-7-6-9-21(19)23)16-18-11-12-20(24)14-22(18)25;/h6-7,9-12,14,17,26H,2-5,8,13,15-16H2,1H3;1H. The first kappa shape index (κ1) is 23.1. The minimum atomic E-state index is 0. The number of hydrogen-bond acceptors (Lipinski definition) is 1. The fourth-order valence-electron chi connectivity index (χ4n) is 3.50. The molecule has 3 rings (SSSR count). The lowest BCUT2D eigenvalue weighted by molar-refractivity contribution is 0.584. The molecule has 0 saturated heterocycles. The van der Waals surface area contributed by atoms with Crippen LogP contribution in [-0.4, -0.2) is 11.1 Å². The van der Waals surface area contributed by atoms with E-state index in [-0.39, 0.29) is 12.4 Å². The molecule has 0 unspecified atom stereocenters. The van der Waals surface area contributed by atoms with Crippen molar-refractivity contribution in [3.8, 4) is 0 Å². The van der Waals surface area contributed by atoms with E-state index in [9.17, 15) is 0 Å². The normalized spacial score (nSPS) is 11.0. The Bertz CT molecular complexity index is 873. The van der Waals surface area contributed by atoms with Gasteiger partial charge in [-0.25, -0.2) is 0 Å². The Labute approximate surface area is 184 Å². The van der Waals surface area contributed by atoms with Gasteiger partial charge in [0.05, 0.1) is 0 Å². The third kappa shape index (κ3) is 6.15. The smallest absolute Gasteiger partial charge is 0.0491 e. The zero-order chi connectivity index (χ0) is 19.1. The molecule has 0 bridgehead atoms. The third-order valence-electron chi connectivity index (χ3n) is 5.00. The van der Waals surface area contributed by atoms with Crippen LogP contribution in [0.15, 0.2) is 48.7 Å². The van der Waals surface area contributed by atoms with Crippen molar-refractivity contribution in [1.29, 1.82) is 0 Å². The van der Waals surface area contributed by atoms with Crippen LogP contribution in [0.25, 0.3) is 10.9 Å². The molecule has 1 N–H and O–H groups in total. The summed E-state index contributed by atoms with van der Waals surface area (Å²) >= 11 is 12.4. The molecule has 1 heterocycles. The summed E-state index contributed by atoms with van der Waals surface area (Å²) in [5.74, 6) is 0. The van der Waals surface area contributed by atoms with Gasteiger partial charge in [0, 0.05) is 40.2 Å². The molecular formula is C23H29Cl3N2. The molecule has 0 radical (unpaired) electrons. The maximum absolute atomic E-state index is 6.38. The summed E-state index contributed by atoms with van der Waals surface area (Å²) in [6.07, 6.45) is 8.81. The first-order chi connectivity index (χ1) is 13.2. The molecule has 0 saturated carbocycles. The fraction of sp³-hybridized carbons (Fsp3) is 0.391. The highest BCUT2D eigenvalue weighted by Gasteiger charge is 2.10. The zero-order valence-electron chi connectivity index (χ0n) is 16.4. The third-order valence-corrected chi connectivity index (χ3v) is 5.59. The molecule has 0 amide bonds. The van der Waals surface area contributed by atoms with Gasteiger partial charge in [-0.2, -0.15) is 0 Å². The van der Waals surface area contributed by atoms with Crippen molar-refractivity contribution in [3.63, 3.8) is 0 Å². The van der Waals surface area contributed by atoms with Crippen molar-refractivity contribution >= 4 is 46.5 Å². The Kier molecular flexibility index (Phi) is 9.67. The summed E-state index contributed by atoms with van der Waals surface area (Å²) in [6.45, 7) is 4.97. The van der Waals surface area contributed by atoms with Gasteiger partial charge in [0.1, 0.15) is 0 Å². The predicted octanol–water partition coefficient (Wildman–Crippen LogP) is 7.48. The van der Waals surface area contributed by atoms with Gasteiger partial charge in [-0.3, -0.25) is 0 Å². The molecule has 2 nitrogen and oxygen atoms in total. The molecule has 0 aliphatic heterocycles. The first-order valence-corrected chi connectivity index (χ1v) is 10.7. The highest BCUT2D eigenvalue weighted by atomic mass is 35.5. The molecule has 2 aromatic carbocycles. The summed E-state index contributed by atoms with van der Waals surface area (Å²) in [5, 5.41) is 6.30. The van der Waals surface area contributed by atoms with Crippen molar-refractivity contribution in [2.24, 2.45) is 0 Å². The van der Waals surface area contributed by atoms with E-state index in [0.29, 0.717) is 10.0 Å². The van der Waals surface area contributed by atoms with Gasteiger partial charge >= 0.3 is 0 Å². The van der Waals surface area contributed by atoms with Crippen LogP contribution in [0.1, 0.15) is 50.2 Å². The monoisotopic (exact) mass is 438 g/mol. The van der Waals surface area contributed by atoms with Crippen molar-refractivity contribution < 1.29 is 0 Å². The number of fused-ring (bicyclic) bond motifs is 1. The molecule has 3 aromatic rings. The van der Waals surface area contributed by atoms with Crippen molar-refractivity contribution in [3.05, 3.63) is 69.8 Å². The Morgan fingerprint density at radius 1 is 0.929 bits per heavy atom. The van der Waals surface area contributed by atoms with E-state index < -0.39 is 0 Å². The molecule has 152 valence electrons. The maximum Gasteiger partial charge on any atom is 0.0491 e. The van der Waals surface area contributed by atoms with Gasteiger partial charge in [0.15, 0.2) is 0 Å². The van der Waals surface area contributed by atoms with Gasteiger partial charge in [0.25, 0.3) is 0 Å². The number of para-hydroxylation sites is 1. The summed E-state index contributed by atoms with van der Waals surface area (Å²) in [4.78, 5) is 0. The van der Waals surface area contributed by atoms with Crippen LogP contribution in [0, 0.1) is 0 Å². The van der Waals surface area contributed by atoms with E-state index in [2.05, 4.69) is 47.3 Å². The predicted molar refractivity (Wildman–Crippen MR) is 125 cm³/mol. The Morgan fingerprint density at radius 2 is 1.71 bits per heavy atom. The molecule has 5 heteroatoms. The average molecular weight is 440 g/mol. The highest BCUT2D eigenvalue weighted by Crippen LogP contribution is 2.26. The van der Waals surface area contributed by atoms with Crippen molar-refractivity contribution in [1.82, 2.24) is 9.88 Å². The molecule has 1 aromatic heterocycles. The zero-order valence-corrected chi connectivity index (χ0v) is 18.7. The quantitative estimate of drug-likeness (QED) is 0.324. The maximum atomic E-state index is 6.38. The van der Waals surface area contributed by atoms with Crippen LogP contribution in [-0.2, 0) is 13.1 Å². The van der Waals surface area contributed by atoms with Gasteiger partial charge in [0.2, 0.25) is 0 Å².